The number of rotatable bonds is 9. The molecule has 28 heavy (non-hydrogen) atoms. The molecule has 8 heteroatoms. The molecule has 0 amide bonds. The van der Waals surface area contributed by atoms with Crippen molar-refractivity contribution < 1.29 is 8.78 Å². The largest absolute Gasteiger partial charge is 0.357 e. The SMILES string of the molecule is CCNC(=NCC(c1c(F)cccc1F)N(C)C)NCCc1ncc(CC)s1. The van der Waals surface area contributed by atoms with Crippen LogP contribution in [0.15, 0.2) is 29.4 Å². The van der Waals surface area contributed by atoms with E-state index in [0.717, 1.165) is 17.8 Å². The van der Waals surface area contributed by atoms with Gasteiger partial charge in [0.25, 0.3) is 0 Å². The van der Waals surface area contributed by atoms with E-state index >= 15 is 0 Å². The third-order valence-electron chi connectivity index (χ3n) is 4.30. The molecule has 1 aromatic heterocycles. The molecule has 5 nitrogen and oxygen atoms in total. The maximum atomic E-state index is 14.2. The average molecular weight is 410 g/mol. The summed E-state index contributed by atoms with van der Waals surface area (Å²) in [6, 6.07) is 3.43. The smallest absolute Gasteiger partial charge is 0.191 e. The lowest BCUT2D eigenvalue weighted by Gasteiger charge is -2.24. The zero-order valence-electron chi connectivity index (χ0n) is 16.9. The van der Waals surface area contributed by atoms with Gasteiger partial charge in [-0.2, -0.15) is 0 Å². The summed E-state index contributed by atoms with van der Waals surface area (Å²) in [6.07, 6.45) is 3.71. The number of hydrogen-bond donors (Lipinski definition) is 2. The van der Waals surface area contributed by atoms with Gasteiger partial charge < -0.3 is 15.5 Å². The predicted molar refractivity (Wildman–Crippen MR) is 112 cm³/mol. The molecule has 0 aliphatic rings. The van der Waals surface area contributed by atoms with E-state index in [1.807, 2.05) is 13.1 Å². The van der Waals surface area contributed by atoms with Crippen molar-refractivity contribution >= 4 is 17.3 Å². The summed E-state index contributed by atoms with van der Waals surface area (Å²) in [6.45, 7) is 5.71. The van der Waals surface area contributed by atoms with Crippen LogP contribution in [0.4, 0.5) is 8.78 Å². The Morgan fingerprint density at radius 1 is 1.21 bits per heavy atom. The molecule has 0 spiro atoms. The lowest BCUT2D eigenvalue weighted by atomic mass is 10.0. The van der Waals surface area contributed by atoms with E-state index in [4.69, 9.17) is 0 Å². The Labute approximate surface area is 169 Å². The van der Waals surface area contributed by atoms with E-state index < -0.39 is 17.7 Å². The molecule has 2 N–H and O–H groups in total. The minimum absolute atomic E-state index is 0.0435. The van der Waals surface area contributed by atoms with Crippen LogP contribution in [0.3, 0.4) is 0 Å². The number of halogens is 2. The van der Waals surface area contributed by atoms with Crippen molar-refractivity contribution in [2.45, 2.75) is 32.7 Å². The first-order valence-electron chi connectivity index (χ1n) is 9.52. The van der Waals surface area contributed by atoms with Crippen LogP contribution in [0, 0.1) is 11.6 Å². The molecule has 1 heterocycles. The van der Waals surface area contributed by atoms with E-state index in [1.54, 1.807) is 30.3 Å². The summed E-state index contributed by atoms with van der Waals surface area (Å²) in [5, 5.41) is 7.53. The fourth-order valence-corrected chi connectivity index (χ4v) is 3.64. The maximum absolute atomic E-state index is 14.2. The highest BCUT2D eigenvalue weighted by atomic mass is 32.1. The van der Waals surface area contributed by atoms with Gasteiger partial charge in [-0.15, -0.1) is 11.3 Å². The summed E-state index contributed by atoms with van der Waals surface area (Å²) >= 11 is 1.72. The zero-order chi connectivity index (χ0) is 20.5. The number of likely N-dealkylation sites (N-methyl/N-ethyl adjacent to an activating group) is 1. The zero-order valence-corrected chi connectivity index (χ0v) is 17.7. The van der Waals surface area contributed by atoms with Gasteiger partial charge in [0.2, 0.25) is 0 Å². The molecular weight excluding hydrogens is 380 g/mol. The van der Waals surface area contributed by atoms with Gasteiger partial charge in [0.05, 0.1) is 17.6 Å². The van der Waals surface area contributed by atoms with Crippen molar-refractivity contribution in [3.05, 3.63) is 51.5 Å². The van der Waals surface area contributed by atoms with Crippen LogP contribution in [-0.2, 0) is 12.8 Å². The third-order valence-corrected chi connectivity index (χ3v) is 5.51. The monoisotopic (exact) mass is 409 g/mol. The van der Waals surface area contributed by atoms with Crippen molar-refractivity contribution in [1.29, 1.82) is 0 Å². The Morgan fingerprint density at radius 3 is 2.50 bits per heavy atom. The Morgan fingerprint density at radius 2 is 1.93 bits per heavy atom. The van der Waals surface area contributed by atoms with Crippen LogP contribution < -0.4 is 10.6 Å². The van der Waals surface area contributed by atoms with E-state index in [1.165, 1.54) is 23.1 Å². The van der Waals surface area contributed by atoms with Crippen LogP contribution >= 0.6 is 11.3 Å². The molecule has 1 unspecified atom stereocenters. The van der Waals surface area contributed by atoms with E-state index in [-0.39, 0.29) is 12.1 Å². The molecule has 2 aromatic rings. The molecule has 0 fully saturated rings. The van der Waals surface area contributed by atoms with Gasteiger partial charge in [-0.05, 0) is 39.6 Å². The van der Waals surface area contributed by atoms with E-state index in [2.05, 4.69) is 27.5 Å². The molecule has 2 rings (SSSR count). The standard InChI is InChI=1S/C20H29F2N5S/c1-5-14-12-25-18(28-14)10-11-24-20(23-6-2)26-13-17(27(3)4)19-15(21)8-7-9-16(19)22/h7-9,12,17H,5-6,10-11,13H2,1-4H3,(H2,23,24,26). The first kappa shape index (κ1) is 22.2. The highest BCUT2D eigenvalue weighted by Crippen LogP contribution is 2.24. The van der Waals surface area contributed by atoms with Gasteiger partial charge in [-0.3, -0.25) is 4.99 Å². The first-order chi connectivity index (χ1) is 13.5. The van der Waals surface area contributed by atoms with Crippen LogP contribution in [0.25, 0.3) is 0 Å². The number of nitrogens with one attached hydrogen (secondary N) is 2. The summed E-state index contributed by atoms with van der Waals surface area (Å²) < 4.78 is 28.4. The Kier molecular flexibility index (Phi) is 8.79. The minimum atomic E-state index is -0.553. The number of thiazole rings is 1. The summed E-state index contributed by atoms with van der Waals surface area (Å²) in [5.74, 6) is -0.483. The molecule has 0 radical (unpaired) electrons. The van der Waals surface area contributed by atoms with Crippen LogP contribution in [0.5, 0.6) is 0 Å². The highest BCUT2D eigenvalue weighted by Gasteiger charge is 2.22. The Balaban J connectivity index is 2.04. The summed E-state index contributed by atoms with van der Waals surface area (Å²) in [7, 11) is 3.58. The lowest BCUT2D eigenvalue weighted by Crippen LogP contribution is -2.39. The maximum Gasteiger partial charge on any atom is 0.191 e. The number of aryl methyl sites for hydroxylation is 1. The Bertz CT molecular complexity index is 755. The fourth-order valence-electron chi connectivity index (χ4n) is 2.78. The number of aromatic nitrogens is 1. The lowest BCUT2D eigenvalue weighted by molar-refractivity contribution is 0.290. The van der Waals surface area contributed by atoms with Gasteiger partial charge in [-0.1, -0.05) is 13.0 Å². The minimum Gasteiger partial charge on any atom is -0.357 e. The van der Waals surface area contributed by atoms with Crippen molar-refractivity contribution in [2.75, 3.05) is 33.7 Å². The molecule has 1 aromatic carbocycles. The van der Waals surface area contributed by atoms with Crippen molar-refractivity contribution in [3.8, 4) is 0 Å². The molecule has 154 valence electrons. The Hall–Kier alpha value is -2.06. The number of aliphatic imine (C=N–C) groups is 1. The highest BCUT2D eigenvalue weighted by molar-refractivity contribution is 7.11. The van der Waals surface area contributed by atoms with E-state index in [9.17, 15) is 8.78 Å². The van der Waals surface area contributed by atoms with Crippen LogP contribution in [-0.4, -0.2) is 49.6 Å². The quantitative estimate of drug-likeness (QED) is 0.492. The first-order valence-corrected chi connectivity index (χ1v) is 10.3. The van der Waals surface area contributed by atoms with Crippen LogP contribution in [0.1, 0.15) is 35.3 Å². The molecule has 0 aliphatic carbocycles. The van der Waals surface area contributed by atoms with Crippen LogP contribution in [0.2, 0.25) is 0 Å². The molecule has 1 atom stereocenters. The van der Waals surface area contributed by atoms with Crippen molar-refractivity contribution in [2.24, 2.45) is 4.99 Å². The topological polar surface area (TPSA) is 52.6 Å². The number of nitrogens with zero attached hydrogens (tertiary/aromatic N) is 3. The van der Waals surface area contributed by atoms with E-state index in [0.29, 0.717) is 19.0 Å². The van der Waals surface area contributed by atoms with Gasteiger partial charge in [0.15, 0.2) is 5.96 Å². The van der Waals surface area contributed by atoms with Gasteiger partial charge in [0.1, 0.15) is 11.6 Å². The second-order valence-electron chi connectivity index (χ2n) is 6.59. The molecular formula is C20H29F2N5S. The second kappa shape index (κ2) is 11.1. The van der Waals surface area contributed by atoms with Crippen molar-refractivity contribution in [1.82, 2.24) is 20.5 Å². The second-order valence-corrected chi connectivity index (χ2v) is 7.78. The molecule has 0 saturated heterocycles. The number of benzene rings is 1. The summed E-state index contributed by atoms with van der Waals surface area (Å²) in [4.78, 5) is 12.0. The van der Waals surface area contributed by atoms with Gasteiger partial charge in [-0.25, -0.2) is 13.8 Å². The normalized spacial score (nSPS) is 13.0. The third kappa shape index (κ3) is 6.24. The molecule has 0 bridgehead atoms. The average Bonchev–Trinajstić information content (AvgIpc) is 3.11. The number of hydrogen-bond acceptors (Lipinski definition) is 4. The predicted octanol–water partition coefficient (Wildman–Crippen LogP) is 3.38. The molecule has 0 aliphatic heterocycles. The van der Waals surface area contributed by atoms with Crippen molar-refractivity contribution in [3.63, 3.8) is 0 Å². The van der Waals surface area contributed by atoms with Gasteiger partial charge >= 0.3 is 0 Å². The van der Waals surface area contributed by atoms with Gasteiger partial charge in [0, 0.05) is 36.1 Å². The molecule has 0 saturated carbocycles. The number of guanidine groups is 1. The summed E-state index contributed by atoms with van der Waals surface area (Å²) in [5.41, 5.74) is 0.0435. The fraction of sp³-hybridized carbons (Fsp3) is 0.500.